The molecule has 1 aliphatic rings. The van der Waals surface area contributed by atoms with Crippen molar-refractivity contribution in [3.63, 3.8) is 0 Å². The number of ether oxygens (including phenoxy) is 1. The molecular weight excluding hydrogens is 401 g/mol. The van der Waals surface area contributed by atoms with Gasteiger partial charge in [0.15, 0.2) is 0 Å². The summed E-state index contributed by atoms with van der Waals surface area (Å²) in [7, 11) is 1.80. The lowest BCUT2D eigenvalue weighted by molar-refractivity contribution is -0.117. The van der Waals surface area contributed by atoms with Crippen molar-refractivity contribution in [2.24, 2.45) is 18.9 Å². The van der Waals surface area contributed by atoms with Crippen LogP contribution in [0.2, 0.25) is 0 Å². The summed E-state index contributed by atoms with van der Waals surface area (Å²) in [4.78, 5) is 16.6. The molecule has 1 aliphatic heterocycles. The molecule has 1 fully saturated rings. The van der Waals surface area contributed by atoms with Crippen molar-refractivity contribution < 1.29 is 9.53 Å². The Labute approximate surface area is 178 Å². The van der Waals surface area contributed by atoms with Crippen LogP contribution in [0.3, 0.4) is 0 Å². The number of amides is 1. The second-order valence-corrected chi connectivity index (χ2v) is 7.02. The van der Waals surface area contributed by atoms with E-state index in [1.807, 2.05) is 13.0 Å². The number of carbonyl (C=O) groups is 1. The van der Waals surface area contributed by atoms with Crippen molar-refractivity contribution in [1.29, 1.82) is 0 Å². The molecule has 1 amide bonds. The van der Waals surface area contributed by atoms with Crippen LogP contribution in [-0.4, -0.2) is 33.8 Å². The molecule has 0 radical (unpaired) electrons. The fourth-order valence-corrected chi connectivity index (χ4v) is 3.43. The lowest BCUT2D eigenvalue weighted by atomic mass is 9.85. The minimum atomic E-state index is -0.00444. The van der Waals surface area contributed by atoms with Crippen molar-refractivity contribution in [2.75, 3.05) is 18.4 Å². The van der Waals surface area contributed by atoms with Crippen LogP contribution >= 0.6 is 24.8 Å². The predicted octanol–water partition coefficient (Wildman–Crippen LogP) is 3.72. The third-order valence-corrected chi connectivity index (χ3v) is 4.93. The second kappa shape index (κ2) is 11.2. The molecule has 0 bridgehead atoms. The Balaban J connectivity index is 0.00000196. The monoisotopic (exact) mass is 429 g/mol. The largest absolute Gasteiger partial charge is 0.436 e. The molecular formula is C19H29Cl2N5O2. The maximum atomic E-state index is 12.6. The van der Waals surface area contributed by atoms with E-state index in [9.17, 15) is 4.79 Å². The van der Waals surface area contributed by atoms with Gasteiger partial charge >= 0.3 is 0 Å². The van der Waals surface area contributed by atoms with E-state index in [-0.39, 0.29) is 30.7 Å². The molecule has 0 aromatic carbocycles. The lowest BCUT2D eigenvalue weighted by Crippen LogP contribution is -2.34. The lowest BCUT2D eigenvalue weighted by Gasteiger charge is -2.28. The fourth-order valence-electron chi connectivity index (χ4n) is 3.43. The fraction of sp³-hybridized carbons (Fsp3) is 0.526. The molecule has 2 aromatic rings. The van der Waals surface area contributed by atoms with Gasteiger partial charge in [0.05, 0.1) is 11.9 Å². The Kier molecular flexibility index (Phi) is 9.72. The Hall–Kier alpha value is -1.83. The molecule has 2 atom stereocenters. The molecule has 2 N–H and O–H groups in total. The van der Waals surface area contributed by atoms with E-state index >= 15 is 0 Å². The highest BCUT2D eigenvalue weighted by atomic mass is 35.5. The number of anilines is 1. The van der Waals surface area contributed by atoms with Crippen molar-refractivity contribution in [1.82, 2.24) is 20.1 Å². The molecule has 2 aromatic heterocycles. The number of hydrogen-bond acceptors (Lipinski definition) is 5. The van der Waals surface area contributed by atoms with E-state index in [0.717, 1.165) is 18.8 Å². The number of halogens is 2. The topological polar surface area (TPSA) is 81.1 Å². The third-order valence-electron chi connectivity index (χ3n) is 4.93. The first kappa shape index (κ1) is 24.2. The molecule has 3 rings (SSSR count). The van der Waals surface area contributed by atoms with Gasteiger partial charge in [0.25, 0.3) is 0 Å². The zero-order valence-electron chi connectivity index (χ0n) is 16.5. The smallest absolute Gasteiger partial charge is 0.241 e. The quantitative estimate of drug-likeness (QED) is 0.730. The van der Waals surface area contributed by atoms with Gasteiger partial charge in [-0.1, -0.05) is 6.92 Å². The Morgan fingerprint density at radius 1 is 1.46 bits per heavy atom. The molecule has 28 heavy (non-hydrogen) atoms. The first-order valence-corrected chi connectivity index (χ1v) is 9.16. The number of aryl methyl sites for hydroxylation is 2. The van der Waals surface area contributed by atoms with Gasteiger partial charge in [-0.25, -0.2) is 4.68 Å². The normalized spacial score (nSPS) is 17.0. The number of pyridine rings is 1. The molecule has 3 heterocycles. The van der Waals surface area contributed by atoms with Crippen LogP contribution in [0.15, 0.2) is 24.5 Å². The van der Waals surface area contributed by atoms with E-state index in [0.29, 0.717) is 35.6 Å². The van der Waals surface area contributed by atoms with Gasteiger partial charge in [-0.15, -0.1) is 24.8 Å². The summed E-state index contributed by atoms with van der Waals surface area (Å²) < 4.78 is 7.53. The average molecular weight is 430 g/mol. The summed E-state index contributed by atoms with van der Waals surface area (Å²) in [5.41, 5.74) is 1.35. The maximum Gasteiger partial charge on any atom is 0.241 e. The summed E-state index contributed by atoms with van der Waals surface area (Å²) in [5.74, 6) is 2.00. The zero-order chi connectivity index (χ0) is 18.5. The first-order chi connectivity index (χ1) is 12.5. The van der Waals surface area contributed by atoms with Gasteiger partial charge in [0.1, 0.15) is 11.4 Å². The highest BCUT2D eigenvalue weighted by molar-refractivity contribution is 5.92. The minimum Gasteiger partial charge on any atom is -0.436 e. The van der Waals surface area contributed by atoms with E-state index in [4.69, 9.17) is 4.74 Å². The van der Waals surface area contributed by atoms with Crippen LogP contribution in [-0.2, 0) is 11.8 Å². The van der Waals surface area contributed by atoms with Crippen LogP contribution in [0.5, 0.6) is 11.6 Å². The van der Waals surface area contributed by atoms with Gasteiger partial charge in [-0.3, -0.25) is 9.78 Å². The Bertz CT molecular complexity index is 748. The Morgan fingerprint density at radius 2 is 2.25 bits per heavy atom. The number of piperidine rings is 1. The van der Waals surface area contributed by atoms with Crippen LogP contribution in [0.25, 0.3) is 0 Å². The SMILES string of the molecule is Cc1nn(C)c(Oc2cccnc2)c1NC(=O)CC(C)C1CCCNC1.Cl.Cl. The summed E-state index contributed by atoms with van der Waals surface area (Å²) in [6, 6.07) is 3.62. The number of carbonyl (C=O) groups excluding carboxylic acids is 1. The van der Waals surface area contributed by atoms with Crippen LogP contribution < -0.4 is 15.4 Å². The summed E-state index contributed by atoms with van der Waals surface area (Å²) >= 11 is 0. The number of rotatable bonds is 6. The Morgan fingerprint density at radius 3 is 2.89 bits per heavy atom. The highest BCUT2D eigenvalue weighted by Gasteiger charge is 2.24. The molecule has 0 spiro atoms. The van der Waals surface area contributed by atoms with Gasteiger partial charge in [-0.2, -0.15) is 5.10 Å². The van der Waals surface area contributed by atoms with Crippen molar-refractivity contribution >= 4 is 36.4 Å². The van der Waals surface area contributed by atoms with Crippen molar-refractivity contribution in [3.8, 4) is 11.6 Å². The molecule has 2 unspecified atom stereocenters. The van der Waals surface area contributed by atoms with Gasteiger partial charge in [-0.05, 0) is 56.8 Å². The average Bonchev–Trinajstić information content (AvgIpc) is 2.90. The molecule has 9 heteroatoms. The molecule has 0 saturated carbocycles. The molecule has 1 saturated heterocycles. The minimum absolute atomic E-state index is 0. The summed E-state index contributed by atoms with van der Waals surface area (Å²) in [6.07, 6.45) is 6.18. The zero-order valence-corrected chi connectivity index (χ0v) is 18.1. The molecule has 7 nitrogen and oxygen atoms in total. The van der Waals surface area contributed by atoms with Crippen molar-refractivity contribution in [3.05, 3.63) is 30.2 Å². The maximum absolute atomic E-state index is 12.6. The van der Waals surface area contributed by atoms with Crippen molar-refractivity contribution in [2.45, 2.75) is 33.1 Å². The first-order valence-electron chi connectivity index (χ1n) is 9.16. The highest BCUT2D eigenvalue weighted by Crippen LogP contribution is 2.32. The van der Waals surface area contributed by atoms with Gasteiger partial charge in [0.2, 0.25) is 11.8 Å². The number of aromatic nitrogens is 3. The molecule has 0 aliphatic carbocycles. The van der Waals surface area contributed by atoms with Crippen LogP contribution in [0.1, 0.15) is 31.9 Å². The van der Waals surface area contributed by atoms with Gasteiger partial charge < -0.3 is 15.4 Å². The van der Waals surface area contributed by atoms with Gasteiger partial charge in [0, 0.05) is 19.7 Å². The second-order valence-electron chi connectivity index (χ2n) is 7.02. The standard InChI is InChI=1S/C19H27N5O2.2ClH/c1-13(15-6-4-8-20-11-15)10-17(25)22-18-14(2)23-24(3)19(18)26-16-7-5-9-21-12-16;;/h5,7,9,12-13,15,20H,4,6,8,10-11H2,1-3H3,(H,22,25);2*1H. The van der Waals surface area contributed by atoms with E-state index in [1.165, 1.54) is 12.8 Å². The summed E-state index contributed by atoms with van der Waals surface area (Å²) in [5, 5.41) is 10.8. The number of nitrogens with zero attached hydrogens (tertiary/aromatic N) is 3. The number of hydrogen-bond donors (Lipinski definition) is 2. The third kappa shape index (κ3) is 6.09. The number of nitrogens with one attached hydrogen (secondary N) is 2. The van der Waals surface area contributed by atoms with Crippen LogP contribution in [0, 0.1) is 18.8 Å². The summed E-state index contributed by atoms with van der Waals surface area (Å²) in [6.45, 7) is 6.09. The molecule has 156 valence electrons. The van der Waals surface area contributed by atoms with E-state index in [1.54, 1.807) is 30.2 Å². The van der Waals surface area contributed by atoms with E-state index in [2.05, 4.69) is 27.6 Å². The van der Waals surface area contributed by atoms with Crippen LogP contribution in [0.4, 0.5) is 5.69 Å². The predicted molar refractivity (Wildman–Crippen MR) is 115 cm³/mol. The van der Waals surface area contributed by atoms with E-state index < -0.39 is 0 Å².